The molecule has 168 valence electrons. The van der Waals surface area contributed by atoms with Gasteiger partial charge in [0.1, 0.15) is 12.1 Å². The molecule has 0 aliphatic rings. The highest BCUT2D eigenvalue weighted by atomic mass is 14.8. The van der Waals surface area contributed by atoms with E-state index in [-0.39, 0.29) is 33.8 Å². The van der Waals surface area contributed by atoms with Crippen LogP contribution in [-0.4, -0.2) is 0 Å². The van der Waals surface area contributed by atoms with Crippen molar-refractivity contribution >= 4 is 70.9 Å². The summed E-state index contributed by atoms with van der Waals surface area (Å²) in [7, 11) is 0. The minimum absolute atomic E-state index is 0.0356. The van der Waals surface area contributed by atoms with Crippen molar-refractivity contribution in [2.75, 3.05) is 0 Å². The van der Waals surface area contributed by atoms with Crippen molar-refractivity contribution in [2.24, 2.45) is 0 Å². The Hall–Kier alpha value is -6.44. The molecule has 6 aromatic carbocycles. The van der Waals surface area contributed by atoms with Crippen molar-refractivity contribution in [2.45, 2.75) is 0 Å². The summed E-state index contributed by atoms with van der Waals surface area (Å²) in [6, 6.07) is 25.2. The summed E-state index contributed by atoms with van der Waals surface area (Å²) in [5, 5.41) is 37.1. The van der Waals surface area contributed by atoms with Gasteiger partial charge in [0.2, 0.25) is 11.4 Å². The number of nitrogens with zero attached hydrogens (tertiary/aromatic N) is 6. The predicted octanol–water partition coefficient (Wildman–Crippen LogP) is 8.72. The first-order valence-corrected chi connectivity index (χ1v) is 11.3. The minimum atomic E-state index is -0.138. The summed E-state index contributed by atoms with van der Waals surface area (Å²) >= 11 is 0. The number of fused-ring (bicyclic) bond motifs is 9. The van der Waals surface area contributed by atoms with E-state index >= 15 is 0 Å². The van der Waals surface area contributed by atoms with Gasteiger partial charge in [-0.05, 0) is 72.1 Å². The third-order valence-electron chi connectivity index (χ3n) is 6.99. The van der Waals surface area contributed by atoms with E-state index in [1.165, 1.54) is 0 Å². The first kappa shape index (κ1) is 22.1. The molecule has 38 heavy (non-hydrogen) atoms. The van der Waals surface area contributed by atoms with Crippen LogP contribution in [0.3, 0.4) is 0 Å². The maximum Gasteiger partial charge on any atom is 0.202 e. The Balaban J connectivity index is 2.02. The topological polar surface area (TPSA) is 84.5 Å². The van der Waals surface area contributed by atoms with Crippen molar-refractivity contribution in [3.8, 4) is 18.2 Å². The summed E-state index contributed by atoms with van der Waals surface area (Å²) in [6.07, 6.45) is 0. The second-order valence-corrected chi connectivity index (χ2v) is 8.69. The summed E-state index contributed by atoms with van der Waals surface area (Å²) in [5.41, 5.74) is 0.304. The van der Waals surface area contributed by atoms with Crippen LogP contribution >= 0.6 is 0 Å². The maximum absolute atomic E-state index is 10.0. The molecule has 6 nitrogen and oxygen atoms in total. The average Bonchev–Trinajstić information content (AvgIpc) is 2.97. The first-order chi connectivity index (χ1) is 18.6. The zero-order valence-corrected chi connectivity index (χ0v) is 19.5. The number of rotatable bonds is 0. The lowest BCUT2D eigenvalue weighted by molar-refractivity contribution is 1.45. The molecule has 6 rings (SSSR count). The van der Waals surface area contributed by atoms with E-state index in [1.807, 2.05) is 42.5 Å². The van der Waals surface area contributed by atoms with Gasteiger partial charge in [-0.15, -0.1) is 0 Å². The van der Waals surface area contributed by atoms with Crippen LogP contribution in [0.25, 0.3) is 68.4 Å². The predicted molar refractivity (Wildman–Crippen MR) is 147 cm³/mol. The molecule has 6 aromatic rings. The molecule has 0 saturated carbocycles. The van der Waals surface area contributed by atoms with Gasteiger partial charge in [0.05, 0.1) is 42.5 Å². The van der Waals surface area contributed by atoms with Crippen molar-refractivity contribution in [3.05, 3.63) is 112 Å². The highest BCUT2D eigenvalue weighted by Crippen LogP contribution is 2.50. The van der Waals surface area contributed by atoms with Gasteiger partial charge in [0.25, 0.3) is 0 Å². The summed E-state index contributed by atoms with van der Waals surface area (Å²) < 4.78 is 0. The Morgan fingerprint density at radius 1 is 0.500 bits per heavy atom. The lowest BCUT2D eigenvalue weighted by Gasteiger charge is -2.16. The second-order valence-electron chi connectivity index (χ2n) is 8.69. The number of nitriles is 3. The Bertz CT molecular complexity index is 2360. The Morgan fingerprint density at radius 3 is 1.76 bits per heavy atom. The van der Waals surface area contributed by atoms with Crippen LogP contribution in [0.2, 0.25) is 0 Å². The lowest BCUT2D eigenvalue weighted by atomic mass is 9.87. The van der Waals surface area contributed by atoms with Crippen LogP contribution in [0.1, 0.15) is 16.7 Å². The number of hydrogen-bond donors (Lipinski definition) is 0. The fourth-order valence-electron chi connectivity index (χ4n) is 5.38. The molecule has 0 N–H and O–H groups in total. The SMILES string of the molecule is [C-]#[N+]c1c([N+]#[C-])c([N+]#[C-])c2cc3c(cc2c1C#N)c1cc(C#N)c(C#N)cc1c1c2ccccc2ccc31. The quantitative estimate of drug-likeness (QED) is 0.124. The average molecular weight is 478 g/mol. The van der Waals surface area contributed by atoms with E-state index in [0.717, 1.165) is 37.7 Å². The molecule has 0 unspecified atom stereocenters. The first-order valence-electron chi connectivity index (χ1n) is 11.3. The molecule has 6 heteroatoms. The van der Waals surface area contributed by atoms with Crippen LogP contribution < -0.4 is 0 Å². The zero-order chi connectivity index (χ0) is 26.6. The molecule has 0 saturated heterocycles. The van der Waals surface area contributed by atoms with Crippen LogP contribution in [0.5, 0.6) is 0 Å². The molecule has 0 spiro atoms. The maximum atomic E-state index is 10.0. The van der Waals surface area contributed by atoms with Gasteiger partial charge in [0, 0.05) is 0 Å². The largest absolute Gasteiger partial charge is 0.262 e. The van der Waals surface area contributed by atoms with Gasteiger partial charge >= 0.3 is 0 Å². The van der Waals surface area contributed by atoms with Gasteiger partial charge in [-0.1, -0.05) is 42.5 Å². The minimum Gasteiger partial charge on any atom is -0.262 e. The number of hydrogen-bond acceptors (Lipinski definition) is 3. The summed E-state index contributed by atoms with van der Waals surface area (Å²) in [5.74, 6) is 0. The van der Waals surface area contributed by atoms with Crippen molar-refractivity contribution in [3.63, 3.8) is 0 Å². The molecule has 0 bridgehead atoms. The number of benzene rings is 6. The monoisotopic (exact) mass is 478 g/mol. The Labute approximate surface area is 216 Å². The molecular weight excluding hydrogens is 468 g/mol. The third-order valence-corrected chi connectivity index (χ3v) is 6.99. The molecule has 0 amide bonds. The van der Waals surface area contributed by atoms with Gasteiger partial charge in [-0.2, -0.15) is 15.8 Å². The highest BCUT2D eigenvalue weighted by Gasteiger charge is 2.22. The van der Waals surface area contributed by atoms with E-state index in [0.29, 0.717) is 16.2 Å². The fraction of sp³-hybridized carbons (Fsp3) is 0. The molecule has 0 heterocycles. The molecule has 0 aromatic heterocycles. The Kier molecular flexibility index (Phi) is 4.68. The van der Waals surface area contributed by atoms with E-state index in [1.54, 1.807) is 18.2 Å². The standard InChI is InChI=1S/C32H10N6/c1-36-30-27-13-23-21-9-8-17-6-4-5-7-20(17)29(21)26-11-19(15-34)18(14-33)10-22(26)24(23)12-25(27)28(16-35)31(37-2)32(30)38-3/h4-13H. The van der Waals surface area contributed by atoms with Crippen molar-refractivity contribution in [1.29, 1.82) is 15.8 Å². The second kappa shape index (κ2) is 8.06. The Morgan fingerprint density at radius 2 is 1.11 bits per heavy atom. The molecule has 0 radical (unpaired) electrons. The van der Waals surface area contributed by atoms with Gasteiger partial charge in [-0.25, -0.2) is 0 Å². The fourth-order valence-corrected chi connectivity index (χ4v) is 5.38. The van der Waals surface area contributed by atoms with Crippen LogP contribution in [-0.2, 0) is 0 Å². The van der Waals surface area contributed by atoms with E-state index < -0.39 is 0 Å². The van der Waals surface area contributed by atoms with Crippen LogP contribution in [0, 0.1) is 53.7 Å². The summed E-state index contributed by atoms with van der Waals surface area (Å²) in [6.45, 7) is 23.0. The van der Waals surface area contributed by atoms with E-state index in [4.69, 9.17) is 19.7 Å². The van der Waals surface area contributed by atoms with Crippen LogP contribution in [0.4, 0.5) is 17.1 Å². The lowest BCUT2D eigenvalue weighted by Crippen LogP contribution is -1.91. The molecule has 0 aliphatic heterocycles. The zero-order valence-electron chi connectivity index (χ0n) is 19.5. The van der Waals surface area contributed by atoms with Crippen molar-refractivity contribution in [1.82, 2.24) is 0 Å². The normalized spacial score (nSPS) is 10.5. The van der Waals surface area contributed by atoms with Gasteiger partial charge < -0.3 is 0 Å². The highest BCUT2D eigenvalue weighted by molar-refractivity contribution is 6.33. The van der Waals surface area contributed by atoms with Crippen LogP contribution in [0.15, 0.2) is 60.7 Å². The molecule has 0 fully saturated rings. The van der Waals surface area contributed by atoms with E-state index in [2.05, 4.69) is 32.7 Å². The molecular formula is C32H10N6. The van der Waals surface area contributed by atoms with E-state index in [9.17, 15) is 15.8 Å². The van der Waals surface area contributed by atoms with Gasteiger partial charge in [-0.3, -0.25) is 14.5 Å². The van der Waals surface area contributed by atoms with Crippen molar-refractivity contribution < 1.29 is 0 Å². The third kappa shape index (κ3) is 2.75. The molecule has 0 aliphatic carbocycles. The summed E-state index contributed by atoms with van der Waals surface area (Å²) in [4.78, 5) is 10.5. The smallest absolute Gasteiger partial charge is 0.202 e. The molecule has 0 atom stereocenters. The van der Waals surface area contributed by atoms with Gasteiger partial charge in [0.15, 0.2) is 5.69 Å².